The number of hydrogen-bond donors (Lipinski definition) is 2. The molecule has 0 aromatic carbocycles. The van der Waals surface area contributed by atoms with Crippen molar-refractivity contribution in [3.63, 3.8) is 0 Å². The molecule has 1 saturated heterocycles. The van der Waals surface area contributed by atoms with Gasteiger partial charge in [0.2, 0.25) is 5.91 Å². The highest BCUT2D eigenvalue weighted by Crippen LogP contribution is 2.19. The number of β-amino-alcohol motifs (C(OH)–C–C–N with tert-alkyl or cyclic N) is 1. The zero-order valence-electron chi connectivity index (χ0n) is 19.3. The quantitative estimate of drug-likeness (QED) is 0.329. The van der Waals surface area contributed by atoms with E-state index in [1.165, 1.54) is 4.90 Å². The summed E-state index contributed by atoms with van der Waals surface area (Å²) in [5, 5.41) is 18.8. The summed E-state index contributed by atoms with van der Waals surface area (Å²) in [7, 11) is 0. The van der Waals surface area contributed by atoms with E-state index in [9.17, 15) is 14.7 Å². The van der Waals surface area contributed by atoms with Crippen molar-refractivity contribution in [2.75, 3.05) is 6.54 Å². The maximum Gasteiger partial charge on any atom is 0.326 e. The Bertz CT molecular complexity index is 715. The van der Waals surface area contributed by atoms with Crippen LogP contribution in [0.5, 0.6) is 0 Å². The standard InChI is InChI=1S/C27H39NO4/c1-2-3-4-5-6-7-8-9-10-11-12-13-14-15-16-17-18-19-20-21-26(30)28-23-24(29)22-25(28)27(31)32/h3-4,6-7,9-10,12-13,15-16,18-19,24-25,29H,2,5,8,11,14,17,20-23H2,1H3,(H,31,32)/b4-3+,7-6+,10-9+,13-12+,16-15+,19-18+/t24?,25-/m0/s1. The second kappa shape index (κ2) is 18.0. The summed E-state index contributed by atoms with van der Waals surface area (Å²) < 4.78 is 0. The van der Waals surface area contributed by atoms with Crippen LogP contribution in [-0.2, 0) is 9.59 Å². The van der Waals surface area contributed by atoms with Crippen LogP contribution in [0.1, 0.15) is 64.7 Å². The van der Waals surface area contributed by atoms with Crippen LogP contribution in [0.2, 0.25) is 0 Å². The monoisotopic (exact) mass is 441 g/mol. The van der Waals surface area contributed by atoms with Crippen molar-refractivity contribution in [1.29, 1.82) is 0 Å². The third-order valence-corrected chi connectivity index (χ3v) is 5.01. The summed E-state index contributed by atoms with van der Waals surface area (Å²) in [6.45, 7) is 2.25. The Morgan fingerprint density at radius 3 is 1.66 bits per heavy atom. The number of aliphatic hydroxyl groups excluding tert-OH is 1. The smallest absolute Gasteiger partial charge is 0.326 e. The number of carboxylic acid groups (broad SMARTS) is 1. The van der Waals surface area contributed by atoms with Crippen LogP contribution in [0, 0.1) is 0 Å². The predicted molar refractivity (Wildman–Crippen MR) is 131 cm³/mol. The first kappa shape index (κ1) is 27.4. The maximum absolute atomic E-state index is 12.2. The Morgan fingerprint density at radius 1 is 0.781 bits per heavy atom. The predicted octanol–water partition coefficient (Wildman–Crippen LogP) is 5.51. The van der Waals surface area contributed by atoms with E-state index >= 15 is 0 Å². The minimum Gasteiger partial charge on any atom is -0.480 e. The minimum atomic E-state index is -1.05. The molecular weight excluding hydrogens is 402 g/mol. The van der Waals surface area contributed by atoms with Crippen LogP contribution < -0.4 is 0 Å². The number of hydrogen-bond acceptors (Lipinski definition) is 3. The molecule has 1 aliphatic heterocycles. The molecule has 0 radical (unpaired) electrons. The number of aliphatic hydroxyl groups is 1. The summed E-state index contributed by atoms with van der Waals surface area (Å²) in [4.78, 5) is 24.6. The van der Waals surface area contributed by atoms with Gasteiger partial charge in [-0.25, -0.2) is 4.79 Å². The van der Waals surface area contributed by atoms with E-state index in [0.29, 0.717) is 6.42 Å². The molecule has 176 valence electrons. The van der Waals surface area contributed by atoms with Gasteiger partial charge in [0.05, 0.1) is 6.10 Å². The number of allylic oxidation sites excluding steroid dienone is 12. The third kappa shape index (κ3) is 12.9. The average Bonchev–Trinajstić information content (AvgIpc) is 3.17. The lowest BCUT2D eigenvalue weighted by Crippen LogP contribution is -2.40. The molecule has 1 fully saturated rings. The van der Waals surface area contributed by atoms with Gasteiger partial charge in [0.25, 0.3) is 0 Å². The number of carboxylic acids is 1. The summed E-state index contributed by atoms with van der Waals surface area (Å²) in [5.74, 6) is -1.27. The Balaban J connectivity index is 2.07. The molecule has 1 rings (SSSR count). The van der Waals surface area contributed by atoms with E-state index in [-0.39, 0.29) is 25.3 Å². The molecule has 32 heavy (non-hydrogen) atoms. The Morgan fingerprint density at radius 2 is 1.22 bits per heavy atom. The highest BCUT2D eigenvalue weighted by Gasteiger charge is 2.38. The molecular formula is C27H39NO4. The lowest BCUT2D eigenvalue weighted by Gasteiger charge is -2.20. The van der Waals surface area contributed by atoms with Crippen molar-refractivity contribution in [2.24, 2.45) is 0 Å². The number of likely N-dealkylation sites (tertiary alicyclic amines) is 1. The fraction of sp³-hybridized carbons (Fsp3) is 0.481. The van der Waals surface area contributed by atoms with E-state index in [0.717, 1.165) is 38.5 Å². The second-order valence-corrected chi connectivity index (χ2v) is 7.74. The molecule has 1 unspecified atom stereocenters. The first-order chi connectivity index (χ1) is 15.6. The van der Waals surface area contributed by atoms with Crippen LogP contribution in [0.3, 0.4) is 0 Å². The molecule has 5 nitrogen and oxygen atoms in total. The van der Waals surface area contributed by atoms with Crippen molar-refractivity contribution >= 4 is 11.9 Å². The van der Waals surface area contributed by atoms with Gasteiger partial charge >= 0.3 is 5.97 Å². The molecule has 2 N–H and O–H groups in total. The SMILES string of the molecule is CC/C=C/C/C=C/C/C=C/C/C=C/C/C=C/C/C=C/CCC(=O)N1CC(O)C[C@H]1C(=O)O. The highest BCUT2D eigenvalue weighted by atomic mass is 16.4. The van der Waals surface area contributed by atoms with Gasteiger partial charge in [-0.1, -0.05) is 79.8 Å². The number of rotatable bonds is 15. The number of amides is 1. The number of aliphatic carboxylic acids is 1. The number of carbonyl (C=O) groups excluding carboxylic acids is 1. The molecule has 1 heterocycles. The average molecular weight is 442 g/mol. The zero-order valence-corrected chi connectivity index (χ0v) is 19.3. The van der Waals surface area contributed by atoms with Crippen molar-refractivity contribution in [1.82, 2.24) is 4.90 Å². The fourth-order valence-electron chi connectivity index (χ4n) is 3.31. The van der Waals surface area contributed by atoms with Gasteiger partial charge in [0, 0.05) is 19.4 Å². The van der Waals surface area contributed by atoms with E-state index in [1.807, 2.05) is 12.2 Å². The first-order valence-corrected chi connectivity index (χ1v) is 11.7. The van der Waals surface area contributed by atoms with Crippen LogP contribution in [0.4, 0.5) is 0 Å². The van der Waals surface area contributed by atoms with Gasteiger partial charge in [0.1, 0.15) is 6.04 Å². The summed E-state index contributed by atoms with van der Waals surface area (Å²) >= 11 is 0. The molecule has 1 amide bonds. The third-order valence-electron chi connectivity index (χ3n) is 5.01. The molecule has 0 bridgehead atoms. The molecule has 5 heteroatoms. The Labute approximate surface area is 193 Å². The first-order valence-electron chi connectivity index (χ1n) is 11.7. The lowest BCUT2D eigenvalue weighted by atomic mass is 10.2. The topological polar surface area (TPSA) is 77.8 Å². The Kier molecular flexibility index (Phi) is 15.4. The van der Waals surface area contributed by atoms with Crippen molar-refractivity contribution in [3.05, 3.63) is 72.9 Å². The molecule has 1 aliphatic rings. The van der Waals surface area contributed by atoms with E-state index in [4.69, 9.17) is 5.11 Å². The van der Waals surface area contributed by atoms with Crippen LogP contribution in [-0.4, -0.2) is 45.7 Å². The molecule has 2 atom stereocenters. The fourth-order valence-corrected chi connectivity index (χ4v) is 3.31. The maximum atomic E-state index is 12.2. The number of nitrogens with zero attached hydrogens (tertiary/aromatic N) is 1. The van der Waals surface area contributed by atoms with Gasteiger partial charge in [-0.3, -0.25) is 4.79 Å². The van der Waals surface area contributed by atoms with Crippen molar-refractivity contribution < 1.29 is 19.8 Å². The Hall–Kier alpha value is -2.66. The second-order valence-electron chi connectivity index (χ2n) is 7.74. The molecule has 0 spiro atoms. The molecule has 0 aromatic rings. The van der Waals surface area contributed by atoms with Gasteiger partial charge in [0.15, 0.2) is 0 Å². The van der Waals surface area contributed by atoms with E-state index in [2.05, 4.69) is 67.7 Å². The van der Waals surface area contributed by atoms with Crippen LogP contribution in [0.25, 0.3) is 0 Å². The largest absolute Gasteiger partial charge is 0.480 e. The van der Waals surface area contributed by atoms with E-state index < -0.39 is 18.1 Å². The van der Waals surface area contributed by atoms with Gasteiger partial charge in [-0.15, -0.1) is 0 Å². The van der Waals surface area contributed by atoms with Crippen molar-refractivity contribution in [3.8, 4) is 0 Å². The van der Waals surface area contributed by atoms with Crippen LogP contribution in [0.15, 0.2) is 72.9 Å². The highest BCUT2D eigenvalue weighted by molar-refractivity contribution is 5.84. The van der Waals surface area contributed by atoms with Gasteiger partial charge in [-0.05, 0) is 44.9 Å². The van der Waals surface area contributed by atoms with Crippen molar-refractivity contribution in [2.45, 2.75) is 76.9 Å². The van der Waals surface area contributed by atoms with Crippen LogP contribution >= 0.6 is 0 Å². The summed E-state index contributed by atoms with van der Waals surface area (Å²) in [6.07, 6.45) is 31.5. The molecule has 0 saturated carbocycles. The van der Waals surface area contributed by atoms with Gasteiger partial charge in [-0.2, -0.15) is 0 Å². The van der Waals surface area contributed by atoms with E-state index in [1.54, 1.807) is 0 Å². The van der Waals surface area contributed by atoms with Gasteiger partial charge < -0.3 is 15.1 Å². The zero-order chi connectivity index (χ0) is 23.4. The lowest BCUT2D eigenvalue weighted by molar-refractivity contribution is -0.148. The summed E-state index contributed by atoms with van der Waals surface area (Å²) in [5.41, 5.74) is 0. The molecule has 0 aliphatic carbocycles. The minimum absolute atomic E-state index is 0.111. The molecule has 0 aromatic heterocycles. The number of carbonyl (C=O) groups is 2. The summed E-state index contributed by atoms with van der Waals surface area (Å²) in [6, 6.07) is -0.900. The normalized spacial score (nSPS) is 19.9.